The summed E-state index contributed by atoms with van der Waals surface area (Å²) in [4.78, 5) is 14.8. The standard InChI is InChI=1S/C11H14ClNO2/c1-7-4-8(5-9(12)13-7)11(2,3)6-10(14)15/h4-5H,6H2,1-3H3,(H,14,15). The molecule has 0 aromatic carbocycles. The molecule has 0 fully saturated rings. The van der Waals surface area contributed by atoms with E-state index in [0.29, 0.717) is 5.15 Å². The number of carboxylic acids is 1. The summed E-state index contributed by atoms with van der Waals surface area (Å²) in [5.41, 5.74) is 1.28. The minimum Gasteiger partial charge on any atom is -0.481 e. The van der Waals surface area contributed by atoms with Gasteiger partial charge in [-0.15, -0.1) is 0 Å². The van der Waals surface area contributed by atoms with Crippen LogP contribution >= 0.6 is 11.6 Å². The first-order valence-corrected chi connectivity index (χ1v) is 5.05. The Balaban J connectivity index is 3.08. The average Bonchev–Trinajstić information content (AvgIpc) is 1.99. The predicted molar refractivity (Wildman–Crippen MR) is 59.3 cm³/mol. The van der Waals surface area contributed by atoms with Crippen molar-refractivity contribution in [3.63, 3.8) is 0 Å². The van der Waals surface area contributed by atoms with Gasteiger partial charge in [0, 0.05) is 11.1 Å². The summed E-state index contributed by atoms with van der Waals surface area (Å²) in [5, 5.41) is 9.21. The number of aliphatic carboxylic acids is 1. The third-order valence-corrected chi connectivity index (χ3v) is 2.49. The summed E-state index contributed by atoms with van der Waals surface area (Å²) in [7, 11) is 0. The molecule has 1 heterocycles. The van der Waals surface area contributed by atoms with Gasteiger partial charge in [0.25, 0.3) is 0 Å². The van der Waals surface area contributed by atoms with Crippen LogP contribution in [0.1, 0.15) is 31.5 Å². The SMILES string of the molecule is Cc1cc(C(C)(C)CC(=O)O)cc(Cl)n1. The van der Waals surface area contributed by atoms with E-state index in [2.05, 4.69) is 4.98 Å². The van der Waals surface area contributed by atoms with Gasteiger partial charge in [0.2, 0.25) is 0 Å². The number of nitrogens with zero attached hydrogens (tertiary/aromatic N) is 1. The molecule has 15 heavy (non-hydrogen) atoms. The molecule has 0 bridgehead atoms. The van der Waals surface area contributed by atoms with Crippen molar-refractivity contribution in [2.45, 2.75) is 32.6 Å². The highest BCUT2D eigenvalue weighted by atomic mass is 35.5. The van der Waals surface area contributed by atoms with Gasteiger partial charge in [-0.25, -0.2) is 4.98 Å². The number of pyridine rings is 1. The Labute approximate surface area is 94.1 Å². The maximum absolute atomic E-state index is 10.7. The number of rotatable bonds is 3. The van der Waals surface area contributed by atoms with E-state index in [1.165, 1.54) is 0 Å². The second kappa shape index (κ2) is 4.19. The Hall–Kier alpha value is -1.09. The lowest BCUT2D eigenvalue weighted by atomic mass is 9.82. The van der Waals surface area contributed by atoms with E-state index in [1.807, 2.05) is 26.8 Å². The maximum atomic E-state index is 10.7. The van der Waals surface area contributed by atoms with Crippen LogP contribution in [-0.2, 0) is 10.2 Å². The zero-order valence-corrected chi connectivity index (χ0v) is 9.80. The van der Waals surface area contributed by atoms with Crippen molar-refractivity contribution in [1.82, 2.24) is 4.98 Å². The molecular weight excluding hydrogens is 214 g/mol. The molecular formula is C11H14ClNO2. The lowest BCUT2D eigenvalue weighted by Crippen LogP contribution is -2.22. The Morgan fingerprint density at radius 2 is 2.13 bits per heavy atom. The largest absolute Gasteiger partial charge is 0.481 e. The van der Waals surface area contributed by atoms with E-state index in [-0.39, 0.29) is 6.42 Å². The fraction of sp³-hybridized carbons (Fsp3) is 0.455. The zero-order valence-electron chi connectivity index (χ0n) is 9.04. The van der Waals surface area contributed by atoms with Gasteiger partial charge >= 0.3 is 5.97 Å². The molecule has 1 aromatic rings. The molecule has 0 aliphatic carbocycles. The van der Waals surface area contributed by atoms with Crippen LogP contribution in [0, 0.1) is 6.92 Å². The van der Waals surface area contributed by atoms with Crippen molar-refractivity contribution < 1.29 is 9.90 Å². The molecule has 0 radical (unpaired) electrons. The highest BCUT2D eigenvalue weighted by Crippen LogP contribution is 2.28. The van der Waals surface area contributed by atoms with Crippen LogP contribution in [0.4, 0.5) is 0 Å². The van der Waals surface area contributed by atoms with Crippen LogP contribution in [0.15, 0.2) is 12.1 Å². The number of carboxylic acid groups (broad SMARTS) is 1. The summed E-state index contributed by atoms with van der Waals surface area (Å²) in [6.45, 7) is 5.60. The molecule has 4 heteroatoms. The van der Waals surface area contributed by atoms with Gasteiger partial charge in [0.15, 0.2) is 0 Å². The quantitative estimate of drug-likeness (QED) is 0.808. The van der Waals surface area contributed by atoms with Crippen LogP contribution in [0.25, 0.3) is 0 Å². The molecule has 0 amide bonds. The van der Waals surface area contributed by atoms with Gasteiger partial charge in [-0.3, -0.25) is 4.79 Å². The molecule has 0 saturated carbocycles. The molecule has 1 aromatic heterocycles. The molecule has 1 rings (SSSR count). The summed E-state index contributed by atoms with van der Waals surface area (Å²) >= 11 is 5.83. The van der Waals surface area contributed by atoms with E-state index in [9.17, 15) is 4.79 Å². The monoisotopic (exact) mass is 227 g/mol. The van der Waals surface area contributed by atoms with Crippen LogP contribution < -0.4 is 0 Å². The smallest absolute Gasteiger partial charge is 0.304 e. The second-order valence-corrected chi connectivity index (χ2v) is 4.66. The highest BCUT2D eigenvalue weighted by Gasteiger charge is 2.24. The second-order valence-electron chi connectivity index (χ2n) is 4.27. The fourth-order valence-electron chi connectivity index (χ4n) is 1.50. The fourth-order valence-corrected chi connectivity index (χ4v) is 1.75. The Bertz CT molecular complexity index is 368. The van der Waals surface area contributed by atoms with Crippen molar-refractivity contribution in [1.29, 1.82) is 0 Å². The number of hydrogen-bond acceptors (Lipinski definition) is 2. The number of hydrogen-bond donors (Lipinski definition) is 1. The molecule has 0 atom stereocenters. The number of halogens is 1. The van der Waals surface area contributed by atoms with Gasteiger partial charge in [-0.2, -0.15) is 0 Å². The highest BCUT2D eigenvalue weighted by molar-refractivity contribution is 6.29. The summed E-state index contributed by atoms with van der Waals surface area (Å²) < 4.78 is 0. The van der Waals surface area contributed by atoms with Crippen molar-refractivity contribution in [2.24, 2.45) is 0 Å². The molecule has 1 N–H and O–H groups in total. The summed E-state index contributed by atoms with van der Waals surface area (Å²) in [6.07, 6.45) is 0.0762. The first-order chi connectivity index (χ1) is 6.81. The van der Waals surface area contributed by atoms with Crippen molar-refractivity contribution >= 4 is 17.6 Å². The number of aromatic nitrogens is 1. The number of aryl methyl sites for hydroxylation is 1. The van der Waals surface area contributed by atoms with Crippen LogP contribution in [-0.4, -0.2) is 16.1 Å². The third-order valence-electron chi connectivity index (χ3n) is 2.30. The molecule has 0 saturated heterocycles. The third kappa shape index (κ3) is 3.20. The maximum Gasteiger partial charge on any atom is 0.304 e. The Kier molecular flexibility index (Phi) is 3.35. The van der Waals surface area contributed by atoms with Crippen LogP contribution in [0.5, 0.6) is 0 Å². The number of carbonyl (C=O) groups is 1. The Morgan fingerprint density at radius 3 is 2.60 bits per heavy atom. The molecule has 0 unspecified atom stereocenters. The molecule has 0 aliphatic heterocycles. The minimum atomic E-state index is -0.814. The van der Waals surface area contributed by atoms with Gasteiger partial charge in [0.05, 0.1) is 6.42 Å². The van der Waals surface area contributed by atoms with Crippen LogP contribution in [0.2, 0.25) is 5.15 Å². The summed E-state index contributed by atoms with van der Waals surface area (Å²) in [6, 6.07) is 3.59. The van der Waals surface area contributed by atoms with E-state index in [1.54, 1.807) is 6.07 Å². The lowest BCUT2D eigenvalue weighted by Gasteiger charge is -2.23. The van der Waals surface area contributed by atoms with Gasteiger partial charge in [-0.05, 0) is 24.6 Å². The molecule has 0 aliphatic rings. The average molecular weight is 228 g/mol. The summed E-state index contributed by atoms with van der Waals surface area (Å²) in [5.74, 6) is -0.814. The lowest BCUT2D eigenvalue weighted by molar-refractivity contribution is -0.138. The van der Waals surface area contributed by atoms with Crippen molar-refractivity contribution in [2.75, 3.05) is 0 Å². The van der Waals surface area contributed by atoms with Crippen molar-refractivity contribution in [3.05, 3.63) is 28.5 Å². The van der Waals surface area contributed by atoms with E-state index >= 15 is 0 Å². The van der Waals surface area contributed by atoms with E-state index in [4.69, 9.17) is 16.7 Å². The minimum absolute atomic E-state index is 0.0762. The first kappa shape index (κ1) is 12.0. The zero-order chi connectivity index (χ0) is 11.6. The van der Waals surface area contributed by atoms with Gasteiger partial charge in [-0.1, -0.05) is 25.4 Å². The van der Waals surface area contributed by atoms with E-state index < -0.39 is 11.4 Å². The van der Waals surface area contributed by atoms with Crippen LogP contribution in [0.3, 0.4) is 0 Å². The predicted octanol–water partition coefficient (Wildman–Crippen LogP) is 2.80. The molecule has 0 spiro atoms. The normalized spacial score (nSPS) is 11.5. The van der Waals surface area contributed by atoms with Crippen molar-refractivity contribution in [3.8, 4) is 0 Å². The topological polar surface area (TPSA) is 50.2 Å². The Morgan fingerprint density at radius 1 is 1.53 bits per heavy atom. The molecule has 3 nitrogen and oxygen atoms in total. The molecule has 82 valence electrons. The van der Waals surface area contributed by atoms with Gasteiger partial charge < -0.3 is 5.11 Å². The van der Waals surface area contributed by atoms with Gasteiger partial charge in [0.1, 0.15) is 5.15 Å². The first-order valence-electron chi connectivity index (χ1n) is 4.68. The van der Waals surface area contributed by atoms with E-state index in [0.717, 1.165) is 11.3 Å².